The molecule has 0 saturated carbocycles. The van der Waals surface area contributed by atoms with Crippen molar-refractivity contribution in [3.05, 3.63) is 77.0 Å². The molecule has 0 aliphatic carbocycles. The first-order chi connectivity index (χ1) is 14.0. The van der Waals surface area contributed by atoms with Gasteiger partial charge >= 0.3 is 0 Å². The van der Waals surface area contributed by atoms with E-state index >= 15 is 0 Å². The number of aryl methyl sites for hydroxylation is 1. The van der Waals surface area contributed by atoms with E-state index in [4.69, 9.17) is 9.15 Å². The lowest BCUT2D eigenvalue weighted by Gasteiger charge is -2.24. The van der Waals surface area contributed by atoms with E-state index in [1.165, 1.54) is 0 Å². The number of rotatable bonds is 7. The number of hydrogen-bond donors (Lipinski definition) is 1. The van der Waals surface area contributed by atoms with E-state index < -0.39 is 0 Å². The number of hydrogen-bond acceptors (Lipinski definition) is 5. The fourth-order valence-electron chi connectivity index (χ4n) is 3.02. The molecule has 0 aliphatic rings. The first-order valence-corrected chi connectivity index (χ1v) is 9.24. The summed E-state index contributed by atoms with van der Waals surface area (Å²) in [6, 6.07) is 19.6. The number of ether oxygens (including phenoxy) is 1. The summed E-state index contributed by atoms with van der Waals surface area (Å²) in [6.45, 7) is 4.23. The van der Waals surface area contributed by atoms with Gasteiger partial charge in [-0.15, -0.1) is 0 Å². The highest BCUT2D eigenvalue weighted by Gasteiger charge is 2.19. The van der Waals surface area contributed by atoms with Crippen molar-refractivity contribution in [1.82, 2.24) is 0 Å². The van der Waals surface area contributed by atoms with Gasteiger partial charge in [0.25, 0.3) is 0 Å². The van der Waals surface area contributed by atoms with Crippen LogP contribution in [0.15, 0.2) is 59.0 Å². The Morgan fingerprint density at radius 2 is 1.83 bits per heavy atom. The molecule has 2 aromatic carbocycles. The zero-order valence-electron chi connectivity index (χ0n) is 16.7. The van der Waals surface area contributed by atoms with Gasteiger partial charge < -0.3 is 14.1 Å². The third-order valence-electron chi connectivity index (χ3n) is 4.74. The fraction of sp³-hybridized carbons (Fsp3) is 0.217. The summed E-state index contributed by atoms with van der Waals surface area (Å²) in [5.41, 5.74) is 3.06. The normalized spacial score (nSPS) is 10.3. The molecule has 1 N–H and O–H groups in total. The van der Waals surface area contributed by atoms with Crippen molar-refractivity contribution in [1.29, 1.82) is 5.26 Å². The van der Waals surface area contributed by atoms with Crippen molar-refractivity contribution in [3.8, 4) is 11.8 Å². The van der Waals surface area contributed by atoms with Crippen LogP contribution in [0.3, 0.4) is 0 Å². The average molecular weight is 389 g/mol. The van der Waals surface area contributed by atoms with Gasteiger partial charge in [0, 0.05) is 17.8 Å². The minimum Gasteiger partial charge on any atom is -0.497 e. The van der Waals surface area contributed by atoms with Crippen molar-refractivity contribution in [2.75, 3.05) is 23.9 Å². The molecule has 1 heterocycles. The Kier molecular flexibility index (Phi) is 6.20. The van der Waals surface area contributed by atoms with Crippen LogP contribution in [0.5, 0.6) is 5.75 Å². The highest BCUT2D eigenvalue weighted by atomic mass is 16.5. The number of furan rings is 1. The number of nitrogens with one attached hydrogen (secondary N) is 1. The van der Waals surface area contributed by atoms with Crippen molar-refractivity contribution in [3.63, 3.8) is 0 Å². The minimum absolute atomic E-state index is 0.102. The average Bonchev–Trinajstić information content (AvgIpc) is 3.00. The highest BCUT2D eigenvalue weighted by molar-refractivity contribution is 5.94. The van der Waals surface area contributed by atoms with Crippen LogP contribution in [0.2, 0.25) is 0 Å². The van der Waals surface area contributed by atoms with Gasteiger partial charge in [0.05, 0.1) is 13.7 Å². The predicted octanol–water partition coefficient (Wildman–Crippen LogP) is 4.42. The van der Waals surface area contributed by atoms with Gasteiger partial charge in [-0.1, -0.05) is 30.3 Å². The lowest BCUT2D eigenvalue weighted by Crippen LogP contribution is -2.33. The Bertz CT molecular complexity index is 1020. The Morgan fingerprint density at radius 3 is 2.45 bits per heavy atom. The summed E-state index contributed by atoms with van der Waals surface area (Å²) in [5.74, 6) is 1.30. The molecule has 0 atom stereocenters. The zero-order valence-corrected chi connectivity index (χ0v) is 16.7. The molecule has 29 heavy (non-hydrogen) atoms. The molecule has 0 spiro atoms. The summed E-state index contributed by atoms with van der Waals surface area (Å²) < 4.78 is 10.8. The second kappa shape index (κ2) is 8.98. The molecule has 0 radical (unpaired) electrons. The van der Waals surface area contributed by atoms with Gasteiger partial charge in [-0.3, -0.25) is 10.1 Å². The molecule has 1 aromatic heterocycles. The van der Waals surface area contributed by atoms with E-state index in [2.05, 4.69) is 11.4 Å². The van der Waals surface area contributed by atoms with Gasteiger partial charge in [-0.05, 0) is 43.7 Å². The second-order valence-electron chi connectivity index (χ2n) is 6.69. The summed E-state index contributed by atoms with van der Waals surface area (Å²) in [6.07, 6.45) is 0. The van der Waals surface area contributed by atoms with Crippen LogP contribution in [0.1, 0.15) is 22.5 Å². The quantitative estimate of drug-likeness (QED) is 0.647. The monoisotopic (exact) mass is 389 g/mol. The molecular formula is C23H23N3O3. The van der Waals surface area contributed by atoms with Gasteiger partial charge in [0.15, 0.2) is 0 Å². The first kappa shape index (κ1) is 20.0. The number of benzene rings is 2. The second-order valence-corrected chi connectivity index (χ2v) is 6.69. The Balaban J connectivity index is 1.81. The first-order valence-electron chi connectivity index (χ1n) is 9.24. The summed E-state index contributed by atoms with van der Waals surface area (Å²) in [7, 11) is 1.62. The van der Waals surface area contributed by atoms with Gasteiger partial charge in [-0.25, -0.2) is 0 Å². The lowest BCUT2D eigenvalue weighted by atomic mass is 10.2. The van der Waals surface area contributed by atoms with E-state index in [9.17, 15) is 10.1 Å². The molecule has 6 heteroatoms. The number of amides is 1. The van der Waals surface area contributed by atoms with Crippen molar-refractivity contribution in [2.45, 2.75) is 20.4 Å². The van der Waals surface area contributed by atoms with Crippen LogP contribution in [-0.4, -0.2) is 19.6 Å². The maximum atomic E-state index is 12.8. The van der Waals surface area contributed by atoms with Gasteiger partial charge in [0.1, 0.15) is 23.1 Å². The van der Waals surface area contributed by atoms with Crippen LogP contribution in [-0.2, 0) is 11.3 Å². The minimum atomic E-state index is -0.262. The third kappa shape index (κ3) is 4.77. The smallest absolute Gasteiger partial charge is 0.246 e. The summed E-state index contributed by atoms with van der Waals surface area (Å²) in [5, 5.41) is 12.1. The number of anilines is 2. The van der Waals surface area contributed by atoms with Crippen LogP contribution in [0, 0.1) is 25.2 Å². The van der Waals surface area contributed by atoms with Crippen LogP contribution in [0.4, 0.5) is 11.6 Å². The number of nitrogens with zero attached hydrogens (tertiary/aromatic N) is 2. The predicted molar refractivity (Wildman–Crippen MR) is 112 cm³/mol. The molecule has 0 unspecified atom stereocenters. The summed E-state index contributed by atoms with van der Waals surface area (Å²) >= 11 is 0. The number of methoxy groups -OCH3 is 1. The molecule has 6 nitrogen and oxygen atoms in total. The molecule has 3 rings (SSSR count). The number of carbonyl (C=O) groups is 1. The van der Waals surface area contributed by atoms with E-state index in [1.807, 2.05) is 59.5 Å². The molecule has 0 bridgehead atoms. The SMILES string of the molecule is COc1ccc(N(CC(=O)Nc2oc(C)c(C)c2C#N)Cc2ccccc2)cc1. The van der Waals surface area contributed by atoms with Crippen molar-refractivity contribution < 1.29 is 13.9 Å². The van der Waals surface area contributed by atoms with Crippen molar-refractivity contribution in [2.24, 2.45) is 0 Å². The van der Waals surface area contributed by atoms with E-state index in [0.717, 1.165) is 22.6 Å². The van der Waals surface area contributed by atoms with E-state index in [0.29, 0.717) is 17.9 Å². The largest absolute Gasteiger partial charge is 0.497 e. The maximum Gasteiger partial charge on any atom is 0.246 e. The van der Waals surface area contributed by atoms with Gasteiger partial charge in [-0.2, -0.15) is 5.26 Å². The van der Waals surface area contributed by atoms with E-state index in [-0.39, 0.29) is 18.3 Å². The van der Waals surface area contributed by atoms with Crippen LogP contribution >= 0.6 is 0 Å². The number of nitriles is 1. The third-order valence-corrected chi connectivity index (χ3v) is 4.74. The fourth-order valence-corrected chi connectivity index (χ4v) is 3.02. The molecular weight excluding hydrogens is 366 g/mol. The van der Waals surface area contributed by atoms with Crippen LogP contribution < -0.4 is 15.0 Å². The molecule has 0 saturated heterocycles. The highest BCUT2D eigenvalue weighted by Crippen LogP contribution is 2.26. The van der Waals surface area contributed by atoms with Gasteiger partial charge in [0.2, 0.25) is 11.8 Å². The van der Waals surface area contributed by atoms with Crippen molar-refractivity contribution >= 4 is 17.5 Å². The maximum absolute atomic E-state index is 12.8. The molecule has 148 valence electrons. The molecule has 0 aliphatic heterocycles. The van der Waals surface area contributed by atoms with E-state index in [1.54, 1.807) is 21.0 Å². The number of carbonyl (C=O) groups excluding carboxylic acids is 1. The Hall–Kier alpha value is -3.72. The topological polar surface area (TPSA) is 78.5 Å². The molecule has 3 aromatic rings. The Labute approximate surface area is 170 Å². The standard InChI is InChI=1S/C23H23N3O3/c1-16-17(2)29-23(21(16)13-24)25-22(27)15-26(14-18-7-5-4-6-8-18)19-9-11-20(28-3)12-10-19/h4-12H,14-15H2,1-3H3,(H,25,27). The lowest BCUT2D eigenvalue weighted by molar-refractivity contribution is -0.115. The molecule has 1 amide bonds. The Morgan fingerprint density at radius 1 is 1.14 bits per heavy atom. The van der Waals surface area contributed by atoms with Crippen LogP contribution in [0.25, 0.3) is 0 Å². The molecule has 0 fully saturated rings. The zero-order chi connectivity index (χ0) is 20.8. The summed E-state index contributed by atoms with van der Waals surface area (Å²) in [4.78, 5) is 14.7.